The molecule has 106 valence electrons. The molecule has 1 aromatic carbocycles. The van der Waals surface area contributed by atoms with Crippen LogP contribution < -0.4 is 15.2 Å². The molecule has 19 heavy (non-hydrogen) atoms. The molecule has 0 amide bonds. The Morgan fingerprint density at radius 2 is 2.05 bits per heavy atom. The summed E-state index contributed by atoms with van der Waals surface area (Å²) in [5, 5.41) is 0. The summed E-state index contributed by atoms with van der Waals surface area (Å²) in [7, 11) is 1.49. The number of nitrogens with two attached hydrogens (primary N) is 1. The van der Waals surface area contributed by atoms with E-state index in [-0.39, 0.29) is 6.61 Å². The maximum atomic E-state index is 15.0. The molecule has 5 heteroatoms. The van der Waals surface area contributed by atoms with Gasteiger partial charge in [0.1, 0.15) is 13.2 Å². The molecule has 1 atom stereocenters. The minimum atomic E-state index is -1.54. The van der Waals surface area contributed by atoms with Crippen LogP contribution in [0.4, 0.5) is 4.39 Å². The molecule has 0 aromatic heterocycles. The lowest BCUT2D eigenvalue weighted by molar-refractivity contribution is 0.0299. The Labute approximate surface area is 112 Å². The minimum Gasteiger partial charge on any atom is -0.486 e. The van der Waals surface area contributed by atoms with Gasteiger partial charge in [0.2, 0.25) is 0 Å². The summed E-state index contributed by atoms with van der Waals surface area (Å²) < 4.78 is 30.9. The largest absolute Gasteiger partial charge is 0.486 e. The van der Waals surface area contributed by atoms with Crippen molar-refractivity contribution in [3.63, 3.8) is 0 Å². The van der Waals surface area contributed by atoms with Gasteiger partial charge in [-0.2, -0.15) is 0 Å². The Hall–Kier alpha value is -1.33. The number of ether oxygens (including phenoxy) is 3. The van der Waals surface area contributed by atoms with Crippen LogP contribution in [0.3, 0.4) is 0 Å². The second kappa shape index (κ2) is 6.21. The van der Waals surface area contributed by atoms with Crippen molar-refractivity contribution in [1.29, 1.82) is 0 Å². The quantitative estimate of drug-likeness (QED) is 0.858. The molecule has 1 unspecified atom stereocenters. The van der Waals surface area contributed by atoms with E-state index in [1.165, 1.54) is 7.11 Å². The minimum absolute atomic E-state index is 0.00659. The highest BCUT2D eigenvalue weighted by atomic mass is 19.1. The van der Waals surface area contributed by atoms with Crippen LogP contribution in [-0.2, 0) is 10.4 Å². The van der Waals surface area contributed by atoms with Gasteiger partial charge in [0.05, 0.1) is 6.61 Å². The molecular formula is C14H20FNO3. The first-order valence-electron chi connectivity index (χ1n) is 6.47. The second-order valence-corrected chi connectivity index (χ2v) is 4.65. The highest BCUT2D eigenvalue weighted by Crippen LogP contribution is 2.38. The van der Waals surface area contributed by atoms with Gasteiger partial charge in [0.15, 0.2) is 17.2 Å². The number of alkyl halides is 1. The molecule has 0 saturated carbocycles. The van der Waals surface area contributed by atoms with Gasteiger partial charge in [-0.05, 0) is 37.1 Å². The maximum absolute atomic E-state index is 15.0. The smallest absolute Gasteiger partial charge is 0.161 e. The van der Waals surface area contributed by atoms with E-state index < -0.39 is 5.67 Å². The van der Waals surface area contributed by atoms with E-state index in [1.807, 2.05) is 0 Å². The van der Waals surface area contributed by atoms with Crippen LogP contribution in [0.1, 0.15) is 18.4 Å². The van der Waals surface area contributed by atoms with Gasteiger partial charge >= 0.3 is 0 Å². The molecule has 1 heterocycles. The molecular weight excluding hydrogens is 249 g/mol. The van der Waals surface area contributed by atoms with E-state index in [1.54, 1.807) is 18.2 Å². The molecule has 4 nitrogen and oxygen atoms in total. The molecule has 2 rings (SSSR count). The normalized spacial score (nSPS) is 17.0. The Morgan fingerprint density at radius 3 is 2.74 bits per heavy atom. The number of halogens is 1. The lowest BCUT2D eigenvalue weighted by Crippen LogP contribution is -2.27. The van der Waals surface area contributed by atoms with Crippen molar-refractivity contribution in [2.75, 3.05) is 33.5 Å². The van der Waals surface area contributed by atoms with Gasteiger partial charge < -0.3 is 19.9 Å². The monoisotopic (exact) mass is 269 g/mol. The fourth-order valence-electron chi connectivity index (χ4n) is 2.23. The fourth-order valence-corrected chi connectivity index (χ4v) is 2.23. The van der Waals surface area contributed by atoms with Crippen LogP contribution >= 0.6 is 0 Å². The standard InChI is InChI=1S/C14H20FNO3/c1-17-10-14(15,5-2-6-16)11-3-4-12-13(9-11)19-8-7-18-12/h3-4,9H,2,5-8,10,16H2,1H3. The predicted octanol–water partition coefficient (Wildman–Crippen LogP) is 2.01. The summed E-state index contributed by atoms with van der Waals surface area (Å²) in [6.45, 7) is 1.48. The Morgan fingerprint density at radius 1 is 1.32 bits per heavy atom. The summed E-state index contributed by atoms with van der Waals surface area (Å²) in [5.74, 6) is 1.25. The zero-order valence-electron chi connectivity index (χ0n) is 11.2. The summed E-state index contributed by atoms with van der Waals surface area (Å²) >= 11 is 0. The first-order chi connectivity index (χ1) is 9.19. The van der Waals surface area contributed by atoms with Crippen LogP contribution in [0.25, 0.3) is 0 Å². The maximum Gasteiger partial charge on any atom is 0.161 e. The molecule has 1 aromatic rings. The molecule has 1 aliphatic heterocycles. The summed E-state index contributed by atoms with van der Waals surface area (Å²) in [6, 6.07) is 5.17. The second-order valence-electron chi connectivity index (χ2n) is 4.65. The molecule has 2 N–H and O–H groups in total. The molecule has 1 aliphatic rings. The van der Waals surface area contributed by atoms with Crippen molar-refractivity contribution in [3.8, 4) is 11.5 Å². The van der Waals surface area contributed by atoms with Crippen molar-refractivity contribution < 1.29 is 18.6 Å². The van der Waals surface area contributed by atoms with E-state index in [0.29, 0.717) is 49.7 Å². The Kier molecular flexibility index (Phi) is 4.61. The first-order valence-corrected chi connectivity index (χ1v) is 6.47. The van der Waals surface area contributed by atoms with Crippen molar-refractivity contribution in [2.24, 2.45) is 5.73 Å². The van der Waals surface area contributed by atoms with Gasteiger partial charge in [-0.15, -0.1) is 0 Å². The van der Waals surface area contributed by atoms with Crippen molar-refractivity contribution >= 4 is 0 Å². The van der Waals surface area contributed by atoms with Crippen LogP contribution in [0, 0.1) is 0 Å². The van der Waals surface area contributed by atoms with Gasteiger partial charge in [0, 0.05) is 7.11 Å². The first kappa shape index (κ1) is 14.1. The van der Waals surface area contributed by atoms with Gasteiger partial charge in [-0.3, -0.25) is 0 Å². The van der Waals surface area contributed by atoms with Gasteiger partial charge in [0.25, 0.3) is 0 Å². The summed E-state index contributed by atoms with van der Waals surface area (Å²) in [6.07, 6.45) is 0.936. The van der Waals surface area contributed by atoms with Gasteiger partial charge in [-0.1, -0.05) is 6.07 Å². The number of benzene rings is 1. The zero-order valence-corrected chi connectivity index (χ0v) is 11.2. The van der Waals surface area contributed by atoms with Crippen molar-refractivity contribution in [1.82, 2.24) is 0 Å². The fraction of sp³-hybridized carbons (Fsp3) is 0.571. The molecule has 0 aliphatic carbocycles. The summed E-state index contributed by atoms with van der Waals surface area (Å²) in [5.41, 5.74) is 4.48. The van der Waals surface area contributed by atoms with Crippen LogP contribution in [-0.4, -0.2) is 33.5 Å². The van der Waals surface area contributed by atoms with E-state index >= 15 is 4.39 Å². The third-order valence-electron chi connectivity index (χ3n) is 3.21. The number of fused-ring (bicyclic) bond motifs is 1. The Bertz CT molecular complexity index is 427. The molecule has 0 saturated heterocycles. The average Bonchev–Trinajstić information content (AvgIpc) is 2.45. The van der Waals surface area contributed by atoms with Crippen LogP contribution in [0.15, 0.2) is 18.2 Å². The van der Waals surface area contributed by atoms with E-state index in [2.05, 4.69) is 0 Å². The zero-order chi connectivity index (χ0) is 13.7. The molecule has 0 fully saturated rings. The predicted molar refractivity (Wildman–Crippen MR) is 70.4 cm³/mol. The number of rotatable bonds is 6. The SMILES string of the molecule is COCC(F)(CCCN)c1ccc2c(c1)OCCO2. The van der Waals surface area contributed by atoms with Gasteiger partial charge in [-0.25, -0.2) is 4.39 Å². The third-order valence-corrected chi connectivity index (χ3v) is 3.21. The van der Waals surface area contributed by atoms with Crippen molar-refractivity contribution in [3.05, 3.63) is 23.8 Å². The lowest BCUT2D eigenvalue weighted by Gasteiger charge is -2.27. The summed E-state index contributed by atoms with van der Waals surface area (Å²) in [4.78, 5) is 0. The van der Waals surface area contributed by atoms with E-state index in [4.69, 9.17) is 19.9 Å². The number of methoxy groups -OCH3 is 1. The Balaban J connectivity index is 2.25. The van der Waals surface area contributed by atoms with Crippen LogP contribution in [0.2, 0.25) is 0 Å². The highest BCUT2D eigenvalue weighted by molar-refractivity contribution is 5.45. The number of hydrogen-bond acceptors (Lipinski definition) is 4. The third kappa shape index (κ3) is 3.16. The van der Waals surface area contributed by atoms with Crippen molar-refractivity contribution in [2.45, 2.75) is 18.5 Å². The molecule has 0 spiro atoms. The highest BCUT2D eigenvalue weighted by Gasteiger charge is 2.32. The lowest BCUT2D eigenvalue weighted by atomic mass is 9.91. The molecule has 0 radical (unpaired) electrons. The topological polar surface area (TPSA) is 53.7 Å². The van der Waals surface area contributed by atoms with E-state index in [0.717, 1.165) is 0 Å². The average molecular weight is 269 g/mol. The van der Waals surface area contributed by atoms with Crippen LogP contribution in [0.5, 0.6) is 11.5 Å². The molecule has 0 bridgehead atoms. The van der Waals surface area contributed by atoms with E-state index in [9.17, 15) is 0 Å². The number of hydrogen-bond donors (Lipinski definition) is 1.